The molecule has 8 heteroatoms. The van der Waals surface area contributed by atoms with Crippen molar-refractivity contribution in [1.29, 1.82) is 0 Å². The summed E-state index contributed by atoms with van der Waals surface area (Å²) in [5.74, 6) is -0.778. The number of halogens is 3. The lowest BCUT2D eigenvalue weighted by Crippen LogP contribution is -2.42. The third-order valence-electron chi connectivity index (χ3n) is 3.76. The highest BCUT2D eigenvalue weighted by Gasteiger charge is 2.42. The number of rotatable bonds is 4. The van der Waals surface area contributed by atoms with E-state index >= 15 is 0 Å². The fourth-order valence-electron chi connectivity index (χ4n) is 2.60. The number of ketones is 1. The van der Waals surface area contributed by atoms with Gasteiger partial charge in [0, 0.05) is 24.2 Å². The topological polar surface area (TPSA) is 58.1 Å². The van der Waals surface area contributed by atoms with Crippen LogP contribution in [0.4, 0.5) is 24.8 Å². The number of nitrogens with one attached hydrogen (secondary N) is 1. The number of hydrogen-bond donors (Lipinski definition) is 1. The molecule has 1 N–H and O–H groups in total. The summed E-state index contributed by atoms with van der Waals surface area (Å²) >= 11 is 0. The third kappa shape index (κ3) is 3.96. The van der Waals surface area contributed by atoms with E-state index in [-0.39, 0.29) is 18.2 Å². The molecular weight excluding hydrogens is 333 g/mol. The normalized spacial score (nSPS) is 17.8. The SMILES string of the molecule is O=C(C1=CN(c2ccccn2)C(Nc2ccccn2)CC1)C(F)(F)F. The summed E-state index contributed by atoms with van der Waals surface area (Å²) in [5.41, 5.74) is -0.280. The summed E-state index contributed by atoms with van der Waals surface area (Å²) in [5, 5.41) is 3.17. The van der Waals surface area contributed by atoms with Crippen LogP contribution in [0.3, 0.4) is 0 Å². The third-order valence-corrected chi connectivity index (χ3v) is 3.76. The number of nitrogens with zero attached hydrogens (tertiary/aromatic N) is 3. The van der Waals surface area contributed by atoms with Crippen LogP contribution in [-0.4, -0.2) is 28.1 Å². The minimum atomic E-state index is -4.89. The maximum atomic E-state index is 12.8. The lowest BCUT2D eigenvalue weighted by molar-refractivity contribution is -0.166. The summed E-state index contributed by atoms with van der Waals surface area (Å²) in [4.78, 5) is 21.5. The van der Waals surface area contributed by atoms with Crippen LogP contribution in [0, 0.1) is 0 Å². The van der Waals surface area contributed by atoms with Crippen molar-refractivity contribution in [2.75, 3.05) is 10.2 Å². The first-order chi connectivity index (χ1) is 11.9. The lowest BCUT2D eigenvalue weighted by Gasteiger charge is -2.35. The van der Waals surface area contributed by atoms with Gasteiger partial charge in [0.05, 0.1) is 0 Å². The molecule has 0 aromatic carbocycles. The first-order valence-corrected chi connectivity index (χ1v) is 7.64. The Kier molecular flexibility index (Phi) is 4.69. The van der Waals surface area contributed by atoms with Crippen molar-refractivity contribution in [3.63, 3.8) is 0 Å². The largest absolute Gasteiger partial charge is 0.454 e. The zero-order chi connectivity index (χ0) is 17.9. The molecule has 2 aromatic heterocycles. The van der Waals surface area contributed by atoms with E-state index < -0.39 is 12.0 Å². The van der Waals surface area contributed by atoms with Crippen molar-refractivity contribution in [3.8, 4) is 0 Å². The zero-order valence-corrected chi connectivity index (χ0v) is 13.1. The van der Waals surface area contributed by atoms with E-state index in [1.54, 1.807) is 48.8 Å². The van der Waals surface area contributed by atoms with Gasteiger partial charge in [0.25, 0.3) is 5.78 Å². The molecule has 25 heavy (non-hydrogen) atoms. The number of pyridine rings is 2. The van der Waals surface area contributed by atoms with Gasteiger partial charge in [-0.25, -0.2) is 9.97 Å². The Morgan fingerprint density at radius 2 is 1.84 bits per heavy atom. The minimum Gasteiger partial charge on any atom is -0.350 e. The maximum absolute atomic E-state index is 12.8. The Morgan fingerprint density at radius 1 is 1.12 bits per heavy atom. The first kappa shape index (κ1) is 16.9. The van der Waals surface area contributed by atoms with Crippen LogP contribution in [0.1, 0.15) is 12.8 Å². The maximum Gasteiger partial charge on any atom is 0.454 e. The molecular formula is C17H15F3N4O. The van der Waals surface area contributed by atoms with Gasteiger partial charge in [0.2, 0.25) is 0 Å². The Morgan fingerprint density at radius 3 is 2.44 bits per heavy atom. The molecule has 0 radical (unpaired) electrons. The van der Waals surface area contributed by atoms with Crippen molar-refractivity contribution in [2.45, 2.75) is 25.2 Å². The predicted molar refractivity (Wildman–Crippen MR) is 86.7 cm³/mol. The van der Waals surface area contributed by atoms with Crippen LogP contribution in [0.2, 0.25) is 0 Å². The van der Waals surface area contributed by atoms with Crippen molar-refractivity contribution < 1.29 is 18.0 Å². The monoisotopic (exact) mass is 348 g/mol. The number of hydrogen-bond acceptors (Lipinski definition) is 5. The van der Waals surface area contributed by atoms with E-state index in [0.29, 0.717) is 18.1 Å². The molecule has 0 saturated heterocycles. The summed E-state index contributed by atoms with van der Waals surface area (Å²) < 4.78 is 38.3. The second-order valence-electron chi connectivity index (χ2n) is 5.49. The van der Waals surface area contributed by atoms with Gasteiger partial charge in [0.1, 0.15) is 17.8 Å². The minimum absolute atomic E-state index is 0.0200. The zero-order valence-electron chi connectivity index (χ0n) is 13.1. The molecule has 0 spiro atoms. The van der Waals surface area contributed by atoms with Crippen molar-refractivity contribution >= 4 is 17.4 Å². The molecule has 0 fully saturated rings. The predicted octanol–water partition coefficient (Wildman–Crippen LogP) is 3.53. The second kappa shape index (κ2) is 6.92. The van der Waals surface area contributed by atoms with Crippen molar-refractivity contribution in [2.24, 2.45) is 0 Å². The Bertz CT molecular complexity index is 762. The number of carbonyl (C=O) groups excluding carboxylic acids is 1. The average Bonchev–Trinajstić information content (AvgIpc) is 2.62. The molecule has 130 valence electrons. The van der Waals surface area contributed by atoms with Crippen molar-refractivity contribution in [1.82, 2.24) is 9.97 Å². The molecule has 3 rings (SSSR count). The highest BCUT2D eigenvalue weighted by molar-refractivity contribution is 6.00. The van der Waals surface area contributed by atoms with Crippen LogP contribution in [-0.2, 0) is 4.79 Å². The van der Waals surface area contributed by atoms with Gasteiger partial charge in [0.15, 0.2) is 0 Å². The average molecular weight is 348 g/mol. The van der Waals surface area contributed by atoms with Crippen LogP contribution in [0.5, 0.6) is 0 Å². The van der Waals surface area contributed by atoms with Gasteiger partial charge in [-0.1, -0.05) is 12.1 Å². The fourth-order valence-corrected chi connectivity index (χ4v) is 2.60. The summed E-state index contributed by atoms with van der Waals surface area (Å²) in [6.45, 7) is 0. The molecule has 0 saturated carbocycles. The molecule has 0 amide bonds. The molecule has 3 heterocycles. The standard InChI is InChI=1S/C17H15F3N4O/c18-17(19,20)16(25)12-7-8-15(23-13-5-1-3-9-21-13)24(11-12)14-6-2-4-10-22-14/h1-6,9-11,15H,7-8H2,(H,21,23). The highest BCUT2D eigenvalue weighted by Crippen LogP contribution is 2.30. The summed E-state index contributed by atoms with van der Waals surface area (Å²) in [6, 6.07) is 10.4. The molecule has 0 aliphatic carbocycles. The number of anilines is 2. The van der Waals surface area contributed by atoms with Gasteiger partial charge in [-0.2, -0.15) is 13.2 Å². The molecule has 1 aliphatic rings. The van der Waals surface area contributed by atoms with Gasteiger partial charge in [-0.3, -0.25) is 4.79 Å². The molecule has 2 aromatic rings. The number of aromatic nitrogens is 2. The van der Waals surface area contributed by atoms with Gasteiger partial charge in [-0.15, -0.1) is 0 Å². The Labute approximate surface area is 142 Å². The van der Waals surface area contributed by atoms with E-state index in [1.807, 2.05) is 0 Å². The molecule has 1 aliphatic heterocycles. The highest BCUT2D eigenvalue weighted by atomic mass is 19.4. The molecule has 0 bridgehead atoms. The Hall–Kier alpha value is -2.90. The summed E-state index contributed by atoms with van der Waals surface area (Å²) in [6.07, 6.45) is -0.543. The van der Waals surface area contributed by atoms with Crippen LogP contribution >= 0.6 is 0 Å². The number of carbonyl (C=O) groups is 1. The first-order valence-electron chi connectivity index (χ1n) is 7.64. The molecule has 5 nitrogen and oxygen atoms in total. The van der Waals surface area contributed by atoms with E-state index in [1.165, 1.54) is 11.1 Å². The van der Waals surface area contributed by atoms with Crippen LogP contribution in [0.25, 0.3) is 0 Å². The van der Waals surface area contributed by atoms with Gasteiger partial charge < -0.3 is 10.2 Å². The van der Waals surface area contributed by atoms with E-state index in [0.717, 1.165) is 0 Å². The van der Waals surface area contributed by atoms with Gasteiger partial charge in [-0.05, 0) is 37.1 Å². The van der Waals surface area contributed by atoms with Gasteiger partial charge >= 0.3 is 6.18 Å². The van der Waals surface area contributed by atoms with E-state index in [2.05, 4.69) is 15.3 Å². The quantitative estimate of drug-likeness (QED) is 0.916. The smallest absolute Gasteiger partial charge is 0.350 e. The fraction of sp³-hybridized carbons (Fsp3) is 0.235. The second-order valence-corrected chi connectivity index (χ2v) is 5.49. The van der Waals surface area contributed by atoms with Crippen LogP contribution in [0.15, 0.2) is 60.6 Å². The molecule has 1 unspecified atom stereocenters. The summed E-state index contributed by atoms with van der Waals surface area (Å²) in [7, 11) is 0. The van der Waals surface area contributed by atoms with E-state index in [9.17, 15) is 18.0 Å². The van der Waals surface area contributed by atoms with Crippen molar-refractivity contribution in [3.05, 3.63) is 60.6 Å². The number of alkyl halides is 3. The number of Topliss-reactive ketones (excluding diaryl/α,β-unsaturated/α-hetero) is 1. The molecule has 1 atom stereocenters. The van der Waals surface area contributed by atoms with Crippen LogP contribution < -0.4 is 10.2 Å². The van der Waals surface area contributed by atoms with E-state index in [4.69, 9.17) is 0 Å². The Balaban J connectivity index is 1.92. The number of allylic oxidation sites excluding steroid dienone is 1. The lowest BCUT2D eigenvalue weighted by atomic mass is 10.0.